The van der Waals surface area contributed by atoms with Crippen LogP contribution in [0.25, 0.3) is 5.57 Å². The molecule has 0 unspecified atom stereocenters. The first kappa shape index (κ1) is 19.2. The van der Waals surface area contributed by atoms with Gasteiger partial charge >= 0.3 is 0 Å². The van der Waals surface area contributed by atoms with Gasteiger partial charge in [0.2, 0.25) is 0 Å². The molecule has 0 spiro atoms. The molecule has 1 aromatic carbocycles. The van der Waals surface area contributed by atoms with Crippen LogP contribution in [0, 0.1) is 6.92 Å². The molecule has 0 aromatic heterocycles. The molecule has 142 valence electrons. The van der Waals surface area contributed by atoms with Crippen molar-refractivity contribution in [3.63, 3.8) is 0 Å². The normalized spacial score (nSPS) is 17.7. The molecule has 4 nitrogen and oxygen atoms in total. The van der Waals surface area contributed by atoms with Crippen molar-refractivity contribution in [3.8, 4) is 11.5 Å². The minimum atomic E-state index is -0.251. The number of methoxy groups -OCH3 is 1. The summed E-state index contributed by atoms with van der Waals surface area (Å²) in [4.78, 5) is 15.1. The number of phenols is 1. The van der Waals surface area contributed by atoms with Gasteiger partial charge in [-0.1, -0.05) is 30.4 Å². The van der Waals surface area contributed by atoms with Crippen molar-refractivity contribution in [1.82, 2.24) is 4.90 Å². The summed E-state index contributed by atoms with van der Waals surface area (Å²) in [7, 11) is 3.60. The molecule has 1 heterocycles. The van der Waals surface area contributed by atoms with Gasteiger partial charge in [-0.05, 0) is 62.1 Å². The summed E-state index contributed by atoms with van der Waals surface area (Å²) < 4.78 is 5.41. The van der Waals surface area contributed by atoms with Crippen LogP contribution in [-0.4, -0.2) is 43.0 Å². The number of hydrogen-bond donors (Lipinski definition) is 1. The molecule has 1 aromatic rings. The van der Waals surface area contributed by atoms with E-state index < -0.39 is 0 Å². The molecule has 0 saturated carbocycles. The molecule has 0 fully saturated rings. The number of ketones is 1. The van der Waals surface area contributed by atoms with Crippen LogP contribution in [0.2, 0.25) is 0 Å². The first-order chi connectivity index (χ1) is 13.0. The van der Waals surface area contributed by atoms with Crippen LogP contribution in [0.1, 0.15) is 40.7 Å². The van der Waals surface area contributed by atoms with Crippen molar-refractivity contribution >= 4 is 11.4 Å². The van der Waals surface area contributed by atoms with Crippen molar-refractivity contribution in [1.29, 1.82) is 0 Å². The highest BCUT2D eigenvalue weighted by Crippen LogP contribution is 2.40. The average molecular weight is 365 g/mol. The van der Waals surface area contributed by atoms with E-state index in [9.17, 15) is 9.90 Å². The van der Waals surface area contributed by atoms with E-state index in [0.29, 0.717) is 5.75 Å². The second-order valence-corrected chi connectivity index (χ2v) is 7.12. The third-order valence-electron chi connectivity index (χ3n) is 5.11. The largest absolute Gasteiger partial charge is 0.506 e. The zero-order chi connectivity index (χ0) is 19.4. The van der Waals surface area contributed by atoms with Crippen molar-refractivity contribution in [2.75, 3.05) is 27.2 Å². The number of aromatic hydroxyl groups is 1. The van der Waals surface area contributed by atoms with Gasteiger partial charge in [0, 0.05) is 18.7 Å². The van der Waals surface area contributed by atoms with E-state index in [1.54, 1.807) is 6.08 Å². The number of phenolic OH excluding ortho intramolecular Hbond substituents is 1. The van der Waals surface area contributed by atoms with Gasteiger partial charge in [-0.3, -0.25) is 4.79 Å². The highest BCUT2D eigenvalue weighted by Gasteiger charge is 2.24. The van der Waals surface area contributed by atoms with Gasteiger partial charge < -0.3 is 14.7 Å². The molecule has 1 aliphatic heterocycles. The Balaban J connectivity index is 1.99. The molecule has 1 aliphatic carbocycles. The van der Waals surface area contributed by atoms with Crippen LogP contribution >= 0.6 is 0 Å². The lowest BCUT2D eigenvalue weighted by atomic mass is 9.90. The molecule has 0 saturated heterocycles. The number of ether oxygens (including phenoxy) is 1. The van der Waals surface area contributed by atoms with Crippen LogP contribution in [0.4, 0.5) is 0 Å². The van der Waals surface area contributed by atoms with Crippen LogP contribution in [-0.2, 0) is 0 Å². The molecular formula is C23H27NO3. The van der Waals surface area contributed by atoms with E-state index in [1.807, 2.05) is 19.1 Å². The van der Waals surface area contributed by atoms with E-state index in [2.05, 4.69) is 30.2 Å². The van der Waals surface area contributed by atoms with Crippen LogP contribution in [0.5, 0.6) is 11.5 Å². The molecule has 1 N–H and O–H groups in total. The predicted octanol–water partition coefficient (Wildman–Crippen LogP) is 4.44. The van der Waals surface area contributed by atoms with Crippen molar-refractivity contribution in [2.45, 2.75) is 26.2 Å². The van der Waals surface area contributed by atoms with Gasteiger partial charge in [0.1, 0.15) is 17.1 Å². The summed E-state index contributed by atoms with van der Waals surface area (Å²) in [5.74, 6) is 0.176. The third-order valence-corrected chi connectivity index (χ3v) is 5.11. The SMILES string of the molecule is COc1cc(C)c(C2=CCN(C)CC2)c(O)c1C(=O)/C=C/C1=CCCC=C1. The Kier molecular flexibility index (Phi) is 5.97. The fourth-order valence-corrected chi connectivity index (χ4v) is 3.58. The number of hydrogen-bond acceptors (Lipinski definition) is 4. The molecule has 27 heavy (non-hydrogen) atoms. The summed E-state index contributed by atoms with van der Waals surface area (Å²) in [5, 5.41) is 11.0. The standard InChI is InChI=1S/C23H27NO3/c1-16-15-20(27-3)22(19(25)10-9-17-7-5-4-6-8-17)23(26)21(16)18-11-13-24(2)14-12-18/h5,7-11,15,26H,4,6,12-14H2,1-3H3/b10-9+. The second kappa shape index (κ2) is 8.40. The Morgan fingerprint density at radius 3 is 2.74 bits per heavy atom. The van der Waals surface area contributed by atoms with E-state index >= 15 is 0 Å². The Morgan fingerprint density at radius 2 is 2.11 bits per heavy atom. The lowest BCUT2D eigenvalue weighted by Gasteiger charge is -2.24. The van der Waals surface area contributed by atoms with E-state index in [0.717, 1.165) is 54.6 Å². The van der Waals surface area contributed by atoms with Crippen molar-refractivity contribution in [3.05, 3.63) is 64.8 Å². The number of nitrogens with zero attached hydrogens (tertiary/aromatic N) is 1. The maximum absolute atomic E-state index is 12.9. The first-order valence-electron chi connectivity index (χ1n) is 9.39. The van der Waals surface area contributed by atoms with Gasteiger partial charge in [0.15, 0.2) is 5.78 Å². The molecule has 0 amide bonds. The van der Waals surface area contributed by atoms with Gasteiger partial charge in [-0.15, -0.1) is 0 Å². The summed E-state index contributed by atoms with van der Waals surface area (Å²) >= 11 is 0. The van der Waals surface area contributed by atoms with Crippen molar-refractivity contribution in [2.24, 2.45) is 0 Å². The van der Waals surface area contributed by atoms with E-state index in [1.165, 1.54) is 13.2 Å². The highest BCUT2D eigenvalue weighted by atomic mass is 16.5. The number of allylic oxidation sites excluding steroid dienone is 6. The number of benzene rings is 1. The maximum atomic E-state index is 12.9. The van der Waals surface area contributed by atoms with E-state index in [-0.39, 0.29) is 17.1 Å². The van der Waals surface area contributed by atoms with Gasteiger partial charge in [-0.2, -0.15) is 0 Å². The van der Waals surface area contributed by atoms with Crippen LogP contribution in [0.15, 0.2) is 48.1 Å². The maximum Gasteiger partial charge on any atom is 0.193 e. The van der Waals surface area contributed by atoms with Gasteiger partial charge in [-0.25, -0.2) is 0 Å². The summed E-state index contributed by atoms with van der Waals surface area (Å²) in [6.45, 7) is 3.71. The number of carbonyl (C=O) groups is 1. The molecule has 0 radical (unpaired) electrons. The third kappa shape index (κ3) is 4.22. The van der Waals surface area contributed by atoms with Crippen LogP contribution in [0.3, 0.4) is 0 Å². The first-order valence-corrected chi connectivity index (χ1v) is 9.39. The molecular weight excluding hydrogens is 338 g/mol. The number of carbonyl (C=O) groups excluding carboxylic acids is 1. The summed E-state index contributed by atoms with van der Waals surface area (Å²) in [6.07, 6.45) is 14.5. The fourth-order valence-electron chi connectivity index (χ4n) is 3.58. The summed E-state index contributed by atoms with van der Waals surface area (Å²) in [6, 6.07) is 1.84. The monoisotopic (exact) mass is 365 g/mol. The summed E-state index contributed by atoms with van der Waals surface area (Å²) in [5.41, 5.74) is 4.01. The number of likely N-dealkylation sites (N-methyl/N-ethyl adjacent to an activating group) is 1. The zero-order valence-corrected chi connectivity index (χ0v) is 16.3. The Hall–Kier alpha value is -2.59. The molecule has 0 bridgehead atoms. The minimum Gasteiger partial charge on any atom is -0.506 e. The number of aryl methyl sites for hydroxylation is 1. The molecule has 0 atom stereocenters. The fraction of sp³-hybridized carbons (Fsp3) is 0.348. The average Bonchev–Trinajstić information content (AvgIpc) is 2.68. The smallest absolute Gasteiger partial charge is 0.193 e. The molecule has 3 rings (SSSR count). The lowest BCUT2D eigenvalue weighted by molar-refractivity contribution is 0.104. The molecule has 4 heteroatoms. The Labute approximate surface area is 161 Å². The quantitative estimate of drug-likeness (QED) is 0.619. The van der Waals surface area contributed by atoms with Gasteiger partial charge in [0.05, 0.1) is 7.11 Å². The predicted molar refractivity (Wildman–Crippen MR) is 109 cm³/mol. The topological polar surface area (TPSA) is 49.8 Å². The highest BCUT2D eigenvalue weighted by molar-refractivity contribution is 6.10. The van der Waals surface area contributed by atoms with Crippen molar-refractivity contribution < 1.29 is 14.6 Å². The Morgan fingerprint density at radius 1 is 1.30 bits per heavy atom. The minimum absolute atomic E-state index is 0.0190. The zero-order valence-electron chi connectivity index (χ0n) is 16.3. The Bertz CT molecular complexity index is 859. The lowest BCUT2D eigenvalue weighted by Crippen LogP contribution is -2.24. The van der Waals surface area contributed by atoms with Gasteiger partial charge in [0.25, 0.3) is 0 Å². The molecule has 2 aliphatic rings. The van der Waals surface area contributed by atoms with Crippen LogP contribution < -0.4 is 4.74 Å². The second-order valence-electron chi connectivity index (χ2n) is 7.12. The van der Waals surface area contributed by atoms with E-state index in [4.69, 9.17) is 4.74 Å². The number of rotatable bonds is 5.